The molecule has 2 N–H and O–H groups in total. The van der Waals surface area contributed by atoms with Gasteiger partial charge in [-0.05, 0) is 66.6 Å². The highest BCUT2D eigenvalue weighted by atomic mass is 32.2. The van der Waals surface area contributed by atoms with Gasteiger partial charge in [0.2, 0.25) is 5.91 Å². The summed E-state index contributed by atoms with van der Waals surface area (Å²) in [5, 5.41) is 5.76. The Hall–Kier alpha value is -3.58. The number of nitrogens with zero attached hydrogens (tertiary/aromatic N) is 2. The van der Waals surface area contributed by atoms with Crippen molar-refractivity contribution in [3.8, 4) is 0 Å². The van der Waals surface area contributed by atoms with Crippen molar-refractivity contribution in [3.05, 3.63) is 90.4 Å². The summed E-state index contributed by atoms with van der Waals surface area (Å²) in [5.41, 5.74) is 3.92. The summed E-state index contributed by atoms with van der Waals surface area (Å²) in [6.07, 6.45) is 4.50. The number of carbonyl (C=O) groups is 2. The fraction of sp³-hybridized carbons (Fsp3) is 0.192. The number of benzene rings is 2. The summed E-state index contributed by atoms with van der Waals surface area (Å²) >= 11 is 1.68. The van der Waals surface area contributed by atoms with Crippen LogP contribution in [0.25, 0.3) is 5.65 Å². The lowest BCUT2D eigenvalue weighted by Crippen LogP contribution is -2.14. The van der Waals surface area contributed by atoms with Crippen LogP contribution in [0, 0.1) is 5.92 Å². The summed E-state index contributed by atoms with van der Waals surface area (Å²) in [5.74, 6) is 0.872. The van der Waals surface area contributed by atoms with E-state index in [0.29, 0.717) is 29.3 Å². The number of carbonyl (C=O) groups excluding carboxylic acids is 2. The van der Waals surface area contributed by atoms with Crippen molar-refractivity contribution in [2.24, 2.45) is 5.92 Å². The highest BCUT2D eigenvalue weighted by Gasteiger charge is 2.09. The van der Waals surface area contributed by atoms with E-state index in [0.717, 1.165) is 22.0 Å². The summed E-state index contributed by atoms with van der Waals surface area (Å²) in [4.78, 5) is 30.2. The Morgan fingerprint density at radius 3 is 2.30 bits per heavy atom. The average molecular weight is 459 g/mol. The molecule has 2 aromatic carbocycles. The third kappa shape index (κ3) is 6.23. The maximum Gasteiger partial charge on any atom is 0.255 e. The van der Waals surface area contributed by atoms with Crippen LogP contribution < -0.4 is 10.6 Å². The predicted octanol–water partition coefficient (Wildman–Crippen LogP) is 5.86. The summed E-state index contributed by atoms with van der Waals surface area (Å²) in [6.45, 7) is 4.01. The molecule has 0 radical (unpaired) electrons. The number of anilines is 2. The zero-order valence-electron chi connectivity index (χ0n) is 18.6. The number of amides is 2. The Bertz CT molecular complexity index is 1210. The van der Waals surface area contributed by atoms with Gasteiger partial charge in [0.1, 0.15) is 5.65 Å². The summed E-state index contributed by atoms with van der Waals surface area (Å²) in [7, 11) is 0. The first-order valence-electron chi connectivity index (χ1n) is 10.8. The van der Waals surface area contributed by atoms with Crippen LogP contribution >= 0.6 is 11.8 Å². The largest absolute Gasteiger partial charge is 0.326 e. The standard InChI is InChI=1S/C26H26N4O2S/c1-18(2)15-25(31)28-20-8-10-21(11-9-20)29-26(32)19-6-12-23(13-7-19)33-17-22-16-30-14-4-3-5-24(30)27-22/h3-14,16,18H,15,17H2,1-2H3,(H,28,31)(H,29,32). The van der Waals surface area contributed by atoms with Crippen molar-refractivity contribution in [1.82, 2.24) is 9.38 Å². The molecule has 0 saturated carbocycles. The van der Waals surface area contributed by atoms with Crippen molar-refractivity contribution >= 4 is 40.6 Å². The van der Waals surface area contributed by atoms with E-state index >= 15 is 0 Å². The third-order valence-electron chi connectivity index (χ3n) is 4.94. The van der Waals surface area contributed by atoms with Crippen LogP contribution in [0.5, 0.6) is 0 Å². The summed E-state index contributed by atoms with van der Waals surface area (Å²) < 4.78 is 2.01. The van der Waals surface area contributed by atoms with E-state index in [-0.39, 0.29) is 11.8 Å². The van der Waals surface area contributed by atoms with Gasteiger partial charge in [-0.15, -0.1) is 11.8 Å². The van der Waals surface area contributed by atoms with Crippen LogP contribution in [0.15, 0.2) is 84.0 Å². The average Bonchev–Trinajstić information content (AvgIpc) is 3.22. The molecule has 33 heavy (non-hydrogen) atoms. The zero-order chi connectivity index (χ0) is 23.2. The Morgan fingerprint density at radius 1 is 0.939 bits per heavy atom. The van der Waals surface area contributed by atoms with Gasteiger partial charge in [0.25, 0.3) is 5.91 Å². The number of rotatable bonds is 8. The second-order valence-electron chi connectivity index (χ2n) is 8.19. The van der Waals surface area contributed by atoms with Crippen LogP contribution in [-0.4, -0.2) is 21.2 Å². The minimum atomic E-state index is -0.177. The quantitative estimate of drug-likeness (QED) is 0.324. The van der Waals surface area contributed by atoms with Crippen molar-refractivity contribution < 1.29 is 9.59 Å². The molecule has 4 rings (SSSR count). The number of aromatic nitrogens is 2. The van der Waals surface area contributed by atoms with Crippen LogP contribution in [0.2, 0.25) is 0 Å². The molecular weight excluding hydrogens is 432 g/mol. The van der Waals surface area contributed by atoms with Gasteiger partial charge in [-0.2, -0.15) is 0 Å². The number of imidazole rings is 1. The van der Waals surface area contributed by atoms with Crippen molar-refractivity contribution in [3.63, 3.8) is 0 Å². The summed E-state index contributed by atoms with van der Waals surface area (Å²) in [6, 6.07) is 20.6. The molecule has 0 aliphatic heterocycles. The molecule has 0 atom stereocenters. The monoisotopic (exact) mass is 458 g/mol. The Labute approximate surface area is 197 Å². The van der Waals surface area contributed by atoms with Gasteiger partial charge in [-0.25, -0.2) is 4.98 Å². The molecule has 0 bridgehead atoms. The van der Waals surface area contributed by atoms with E-state index in [1.807, 2.05) is 73.1 Å². The maximum atomic E-state index is 12.6. The van der Waals surface area contributed by atoms with E-state index in [4.69, 9.17) is 0 Å². The molecular formula is C26H26N4O2S. The third-order valence-corrected chi connectivity index (χ3v) is 5.98. The smallest absolute Gasteiger partial charge is 0.255 e. The van der Waals surface area contributed by atoms with E-state index in [1.165, 1.54) is 0 Å². The second-order valence-corrected chi connectivity index (χ2v) is 9.24. The fourth-order valence-corrected chi connectivity index (χ4v) is 4.12. The van der Waals surface area contributed by atoms with E-state index in [9.17, 15) is 9.59 Å². The molecule has 6 nitrogen and oxygen atoms in total. The second kappa shape index (κ2) is 10.4. The zero-order valence-corrected chi connectivity index (χ0v) is 19.4. The lowest BCUT2D eigenvalue weighted by atomic mass is 10.1. The molecule has 0 spiro atoms. The maximum absolute atomic E-state index is 12.6. The number of hydrogen-bond donors (Lipinski definition) is 2. The van der Waals surface area contributed by atoms with Crippen molar-refractivity contribution in [2.45, 2.75) is 30.9 Å². The van der Waals surface area contributed by atoms with Crippen molar-refractivity contribution in [1.29, 1.82) is 0 Å². The molecule has 0 fully saturated rings. The molecule has 2 heterocycles. The SMILES string of the molecule is CC(C)CC(=O)Nc1ccc(NC(=O)c2ccc(SCc3cn4ccccc4n3)cc2)cc1. The Kier molecular flexibility index (Phi) is 7.10. The molecule has 2 aromatic heterocycles. The van der Waals surface area contributed by atoms with E-state index in [1.54, 1.807) is 36.0 Å². The molecule has 7 heteroatoms. The molecule has 0 aliphatic carbocycles. The number of fused-ring (bicyclic) bond motifs is 1. The Balaban J connectivity index is 1.30. The van der Waals surface area contributed by atoms with Crippen LogP contribution in [0.3, 0.4) is 0 Å². The first-order chi connectivity index (χ1) is 16.0. The number of pyridine rings is 1. The minimum absolute atomic E-state index is 0.0130. The van der Waals surface area contributed by atoms with Gasteiger partial charge in [0.15, 0.2) is 0 Å². The first kappa shape index (κ1) is 22.6. The van der Waals surface area contributed by atoms with Gasteiger partial charge in [-0.3, -0.25) is 9.59 Å². The highest BCUT2D eigenvalue weighted by molar-refractivity contribution is 7.98. The van der Waals surface area contributed by atoms with Gasteiger partial charge in [0.05, 0.1) is 5.69 Å². The minimum Gasteiger partial charge on any atom is -0.326 e. The molecule has 4 aromatic rings. The van der Waals surface area contributed by atoms with Crippen LogP contribution in [-0.2, 0) is 10.5 Å². The molecule has 0 saturated heterocycles. The molecule has 0 unspecified atom stereocenters. The highest BCUT2D eigenvalue weighted by Crippen LogP contribution is 2.23. The number of nitrogens with one attached hydrogen (secondary N) is 2. The molecule has 0 aliphatic rings. The Morgan fingerprint density at radius 2 is 1.64 bits per heavy atom. The van der Waals surface area contributed by atoms with Crippen LogP contribution in [0.1, 0.15) is 36.3 Å². The number of hydrogen-bond acceptors (Lipinski definition) is 4. The molecule has 2 amide bonds. The van der Waals surface area contributed by atoms with Gasteiger partial charge < -0.3 is 15.0 Å². The number of thioether (sulfide) groups is 1. The molecule has 168 valence electrons. The van der Waals surface area contributed by atoms with E-state index < -0.39 is 0 Å². The van der Waals surface area contributed by atoms with Crippen molar-refractivity contribution in [2.75, 3.05) is 10.6 Å². The lowest BCUT2D eigenvalue weighted by Gasteiger charge is -2.09. The lowest BCUT2D eigenvalue weighted by molar-refractivity contribution is -0.116. The fourth-order valence-electron chi connectivity index (χ4n) is 3.34. The van der Waals surface area contributed by atoms with Gasteiger partial charge in [0, 0.05) is 46.4 Å². The normalized spacial score (nSPS) is 11.0. The first-order valence-corrected chi connectivity index (χ1v) is 11.8. The topological polar surface area (TPSA) is 75.5 Å². The predicted molar refractivity (Wildman–Crippen MR) is 134 cm³/mol. The van der Waals surface area contributed by atoms with E-state index in [2.05, 4.69) is 15.6 Å². The van der Waals surface area contributed by atoms with Gasteiger partial charge >= 0.3 is 0 Å². The van der Waals surface area contributed by atoms with Gasteiger partial charge in [-0.1, -0.05) is 19.9 Å². The van der Waals surface area contributed by atoms with Crippen LogP contribution in [0.4, 0.5) is 11.4 Å².